The summed E-state index contributed by atoms with van der Waals surface area (Å²) in [6, 6.07) is 13.9. The molecule has 0 radical (unpaired) electrons. The monoisotopic (exact) mass is 636 g/mol. The highest BCUT2D eigenvalue weighted by Crippen LogP contribution is 2.34. The van der Waals surface area contributed by atoms with Gasteiger partial charge in [-0.05, 0) is 108 Å². The second-order valence-corrected chi connectivity index (χ2v) is 13.6. The zero-order chi connectivity index (χ0) is 33.4. The van der Waals surface area contributed by atoms with Gasteiger partial charge in [0.25, 0.3) is 0 Å². The molecule has 6 nitrogen and oxygen atoms in total. The van der Waals surface area contributed by atoms with E-state index in [0.717, 1.165) is 110 Å². The Hall–Kier alpha value is -4.32. The minimum atomic E-state index is 0.679. The van der Waals surface area contributed by atoms with Gasteiger partial charge in [0.2, 0.25) is 0 Å². The van der Waals surface area contributed by atoms with Gasteiger partial charge in [0.1, 0.15) is 0 Å². The molecule has 3 aromatic carbocycles. The molecular weight excluding hydrogens is 589 g/mol. The summed E-state index contributed by atoms with van der Waals surface area (Å²) in [5.74, 6) is 4.07. The lowest BCUT2D eigenvalue weighted by Gasteiger charge is -2.12. The van der Waals surface area contributed by atoms with Gasteiger partial charge in [-0.3, -0.25) is 0 Å². The first-order valence-electron chi connectivity index (χ1n) is 18.5. The van der Waals surface area contributed by atoms with Crippen LogP contribution in [-0.4, -0.2) is 35.0 Å². The number of benzene rings is 3. The molecule has 6 heteroatoms. The first kappa shape index (κ1) is 32.2. The number of fused-ring (bicyclic) bond motifs is 12. The van der Waals surface area contributed by atoms with Crippen LogP contribution in [0.1, 0.15) is 147 Å². The molecule has 0 spiro atoms. The van der Waals surface area contributed by atoms with Crippen molar-refractivity contribution in [3.8, 4) is 0 Å². The quantitative estimate of drug-likeness (QED) is 0.190. The summed E-state index contributed by atoms with van der Waals surface area (Å²) in [5, 5.41) is 0. The molecule has 0 saturated heterocycles. The van der Waals surface area contributed by atoms with Crippen LogP contribution in [0.4, 0.5) is 0 Å². The second kappa shape index (κ2) is 13.7. The van der Waals surface area contributed by atoms with Crippen molar-refractivity contribution in [2.45, 2.75) is 119 Å². The molecule has 0 N–H and O–H groups in total. The van der Waals surface area contributed by atoms with Crippen molar-refractivity contribution in [2.75, 3.05) is 0 Å². The zero-order valence-corrected chi connectivity index (χ0v) is 29.6. The van der Waals surface area contributed by atoms with Gasteiger partial charge in [-0.2, -0.15) is 0 Å². The van der Waals surface area contributed by atoms with Crippen LogP contribution in [0, 0.1) is 0 Å². The predicted octanol–water partition coefficient (Wildman–Crippen LogP) is 9.34. The molecule has 4 heterocycles. The largest absolute Gasteiger partial charge is 0.208 e. The number of aliphatic imine (C=N–C) groups is 6. The first-order valence-corrected chi connectivity index (χ1v) is 18.5. The Kier molecular flexibility index (Phi) is 9.17. The SMILES string of the molecule is CCCc1cc2c(cc1CCC)C1=NC3=NC(=NC4=NC(=NC2=N1)c1cc(CCC)c(CCC)cc14)c1cc(CCC)c(CCC)cc13. The Morgan fingerprint density at radius 1 is 0.271 bits per heavy atom. The number of nitrogens with zero attached hydrogens (tertiary/aromatic N) is 6. The highest BCUT2D eigenvalue weighted by Gasteiger charge is 2.32. The average Bonchev–Trinajstić information content (AvgIpc) is 3.69. The van der Waals surface area contributed by atoms with Crippen LogP contribution < -0.4 is 0 Å². The molecule has 0 atom stereocenters. The maximum Gasteiger partial charge on any atom is 0.164 e. The molecule has 0 saturated carbocycles. The van der Waals surface area contributed by atoms with Crippen molar-refractivity contribution in [1.82, 2.24) is 0 Å². The van der Waals surface area contributed by atoms with Gasteiger partial charge in [-0.25, -0.2) is 30.0 Å². The maximum atomic E-state index is 5.25. The van der Waals surface area contributed by atoms with Gasteiger partial charge >= 0.3 is 0 Å². The molecule has 6 bridgehead atoms. The fourth-order valence-corrected chi connectivity index (χ4v) is 7.67. The number of hydrogen-bond acceptors (Lipinski definition) is 6. The number of amidine groups is 6. The lowest BCUT2D eigenvalue weighted by molar-refractivity contribution is 0.860. The first-order chi connectivity index (χ1) is 23.5. The van der Waals surface area contributed by atoms with Crippen molar-refractivity contribution in [3.63, 3.8) is 0 Å². The number of rotatable bonds is 12. The van der Waals surface area contributed by atoms with Crippen molar-refractivity contribution in [1.29, 1.82) is 0 Å². The highest BCUT2D eigenvalue weighted by molar-refractivity contribution is 6.35. The summed E-state index contributed by atoms with van der Waals surface area (Å²) in [7, 11) is 0. The third kappa shape index (κ3) is 5.73. The Balaban J connectivity index is 1.51. The van der Waals surface area contributed by atoms with E-state index in [1.54, 1.807) is 0 Å². The summed E-state index contributed by atoms with van der Waals surface area (Å²) in [4.78, 5) is 31.3. The van der Waals surface area contributed by atoms with E-state index >= 15 is 0 Å². The Bertz CT molecular complexity index is 1740. The molecule has 246 valence electrons. The van der Waals surface area contributed by atoms with Gasteiger partial charge in [0.15, 0.2) is 35.0 Å². The van der Waals surface area contributed by atoms with Gasteiger partial charge in [0.05, 0.1) is 0 Å². The molecule has 4 aliphatic heterocycles. The van der Waals surface area contributed by atoms with Crippen LogP contribution in [0.2, 0.25) is 0 Å². The third-order valence-corrected chi connectivity index (χ3v) is 9.85. The smallest absolute Gasteiger partial charge is 0.164 e. The summed E-state index contributed by atoms with van der Waals surface area (Å²) in [6.07, 6.45) is 12.7. The van der Waals surface area contributed by atoms with E-state index in [9.17, 15) is 0 Å². The van der Waals surface area contributed by atoms with E-state index < -0.39 is 0 Å². The topological polar surface area (TPSA) is 74.2 Å². The van der Waals surface area contributed by atoms with E-state index in [2.05, 4.69) is 77.9 Å². The van der Waals surface area contributed by atoms with Crippen molar-refractivity contribution in [3.05, 3.63) is 103 Å². The van der Waals surface area contributed by atoms with E-state index in [4.69, 9.17) is 30.0 Å². The minimum Gasteiger partial charge on any atom is -0.208 e. The van der Waals surface area contributed by atoms with Crippen LogP contribution in [0.5, 0.6) is 0 Å². The summed E-state index contributed by atoms with van der Waals surface area (Å²) in [6.45, 7) is 13.5. The number of aryl methyl sites for hydroxylation is 6. The van der Waals surface area contributed by atoms with Crippen molar-refractivity contribution in [2.24, 2.45) is 30.0 Å². The molecule has 48 heavy (non-hydrogen) atoms. The molecule has 0 amide bonds. The maximum absolute atomic E-state index is 5.25. The Morgan fingerprint density at radius 2 is 0.417 bits per heavy atom. The van der Waals surface area contributed by atoms with Crippen LogP contribution in [0.3, 0.4) is 0 Å². The van der Waals surface area contributed by atoms with Gasteiger partial charge in [-0.1, -0.05) is 80.1 Å². The van der Waals surface area contributed by atoms with E-state index in [0.29, 0.717) is 35.0 Å². The van der Waals surface area contributed by atoms with Gasteiger partial charge in [0, 0.05) is 33.4 Å². The van der Waals surface area contributed by atoms with Crippen molar-refractivity contribution < 1.29 is 0 Å². The lowest BCUT2D eigenvalue weighted by atomic mass is 9.93. The standard InChI is InChI=1S/C42H48N6/c1-7-13-25-19-31-32(20-26(25)14-8-2)38-43-37(31)46-39-33-21-27(15-9-3)28(16-10-4)22-34(33)41(44-39)48-42-36-24-30(18-12-6)29(17-11-5)23-35(36)40(45-42)47-38/h19-24H,7-18H2,1-6H3. The zero-order valence-electron chi connectivity index (χ0n) is 29.6. The van der Waals surface area contributed by atoms with Crippen LogP contribution in [-0.2, 0) is 38.5 Å². The van der Waals surface area contributed by atoms with E-state index in [-0.39, 0.29) is 0 Å². The second-order valence-electron chi connectivity index (χ2n) is 13.6. The molecule has 0 aliphatic carbocycles. The fourth-order valence-electron chi connectivity index (χ4n) is 7.67. The normalized spacial score (nSPS) is 15.4. The van der Waals surface area contributed by atoms with Gasteiger partial charge in [-0.15, -0.1) is 0 Å². The molecule has 3 aromatic rings. The summed E-state index contributed by atoms with van der Waals surface area (Å²) < 4.78 is 0. The fraction of sp³-hybridized carbons (Fsp3) is 0.429. The van der Waals surface area contributed by atoms with Crippen LogP contribution in [0.25, 0.3) is 0 Å². The highest BCUT2D eigenvalue weighted by atomic mass is 15.1. The van der Waals surface area contributed by atoms with Crippen LogP contribution in [0.15, 0.2) is 66.4 Å². The minimum absolute atomic E-state index is 0.679. The van der Waals surface area contributed by atoms with E-state index in [1.165, 1.54) is 33.4 Å². The predicted molar refractivity (Wildman–Crippen MR) is 203 cm³/mol. The molecule has 4 aliphatic rings. The third-order valence-electron chi connectivity index (χ3n) is 9.85. The van der Waals surface area contributed by atoms with Crippen LogP contribution >= 0.6 is 0 Å². The van der Waals surface area contributed by atoms with Crippen molar-refractivity contribution >= 4 is 35.0 Å². The summed E-state index contributed by atoms with van der Waals surface area (Å²) in [5.41, 5.74) is 14.5. The van der Waals surface area contributed by atoms with E-state index in [1.807, 2.05) is 0 Å². The average molecular weight is 637 g/mol. The molecule has 7 rings (SSSR count). The molecule has 0 unspecified atom stereocenters. The Labute approximate surface area is 286 Å². The van der Waals surface area contributed by atoms with Gasteiger partial charge < -0.3 is 0 Å². The molecule has 0 aromatic heterocycles. The summed E-state index contributed by atoms with van der Waals surface area (Å²) >= 11 is 0. The molecular formula is C42H48N6. The lowest BCUT2D eigenvalue weighted by Crippen LogP contribution is -2.07. The Morgan fingerprint density at radius 3 is 0.542 bits per heavy atom. The molecule has 0 fully saturated rings. The number of hydrogen-bond donors (Lipinski definition) is 0.